The Hall–Kier alpha value is 0.270. The Morgan fingerprint density at radius 3 is 2.56 bits per heavy atom. The first-order valence-corrected chi connectivity index (χ1v) is 7.87. The van der Waals surface area contributed by atoms with E-state index in [2.05, 4.69) is 36.1 Å². The van der Waals surface area contributed by atoms with Gasteiger partial charge in [0.1, 0.15) is 0 Å². The van der Waals surface area contributed by atoms with E-state index in [9.17, 15) is 0 Å². The van der Waals surface area contributed by atoms with E-state index < -0.39 is 0 Å². The van der Waals surface area contributed by atoms with E-state index in [1.54, 1.807) is 0 Å². The minimum atomic E-state index is 0.433. The van der Waals surface area contributed by atoms with Crippen molar-refractivity contribution in [3.63, 3.8) is 0 Å². The van der Waals surface area contributed by atoms with Crippen LogP contribution in [0.3, 0.4) is 0 Å². The summed E-state index contributed by atoms with van der Waals surface area (Å²) in [5.74, 6) is 2.64. The lowest BCUT2D eigenvalue weighted by molar-refractivity contribution is 0.166. The highest BCUT2D eigenvalue weighted by Gasteiger charge is 2.36. The second-order valence-corrected chi connectivity index (χ2v) is 6.74. The molecule has 1 unspecified atom stereocenters. The Bertz CT molecular complexity index is 206. The summed E-state index contributed by atoms with van der Waals surface area (Å²) in [5.41, 5.74) is 0.433. The second kappa shape index (κ2) is 5.74. The van der Waals surface area contributed by atoms with Gasteiger partial charge in [-0.05, 0) is 39.1 Å². The maximum absolute atomic E-state index is 3.83. The predicted octanol–water partition coefficient (Wildman–Crippen LogP) is 2.35. The quantitative estimate of drug-likeness (QED) is 0.815. The fraction of sp³-hybridized carbons (Fsp3) is 1.00. The molecule has 0 bridgehead atoms. The molecular weight excluding hydrogens is 216 g/mol. The van der Waals surface area contributed by atoms with Crippen LogP contribution in [0.15, 0.2) is 0 Å². The number of nitrogens with one attached hydrogen (secondary N) is 1. The average Bonchev–Trinajstić information content (AvgIpc) is 2.78. The molecule has 1 aliphatic carbocycles. The molecule has 1 atom stereocenters. The summed E-state index contributed by atoms with van der Waals surface area (Å²) in [7, 11) is 4.49. The predicted molar refractivity (Wildman–Crippen MR) is 73.2 cm³/mol. The van der Waals surface area contributed by atoms with Gasteiger partial charge in [0.15, 0.2) is 0 Å². The molecule has 0 aromatic rings. The zero-order valence-electron chi connectivity index (χ0n) is 10.8. The number of nitrogens with zero attached hydrogens (tertiary/aromatic N) is 1. The first kappa shape index (κ1) is 12.7. The normalized spacial score (nSPS) is 32.4. The highest BCUT2D eigenvalue weighted by atomic mass is 32.2. The van der Waals surface area contributed by atoms with Crippen LogP contribution in [0.25, 0.3) is 0 Å². The molecule has 16 heavy (non-hydrogen) atoms. The Labute approximate surface area is 105 Å². The number of hydrogen-bond donors (Lipinski definition) is 1. The molecule has 2 nitrogen and oxygen atoms in total. The van der Waals surface area contributed by atoms with Gasteiger partial charge < -0.3 is 10.2 Å². The van der Waals surface area contributed by atoms with Crippen molar-refractivity contribution < 1.29 is 0 Å². The third kappa shape index (κ3) is 2.93. The first-order chi connectivity index (χ1) is 7.73. The smallest absolute Gasteiger partial charge is 0.0425 e. The van der Waals surface area contributed by atoms with Gasteiger partial charge in [-0.2, -0.15) is 11.8 Å². The Morgan fingerprint density at radius 2 is 2.00 bits per heavy atom. The Morgan fingerprint density at radius 1 is 1.25 bits per heavy atom. The summed E-state index contributed by atoms with van der Waals surface area (Å²) < 4.78 is 0. The molecule has 2 fully saturated rings. The van der Waals surface area contributed by atoms with Crippen molar-refractivity contribution in [2.75, 3.05) is 32.1 Å². The number of hydrogen-bond acceptors (Lipinski definition) is 3. The standard InChI is InChI=1S/C13H26N2S/c1-15(2)13(8-9-16-11-13)10-14-12-6-4-3-5-7-12/h12,14H,3-11H2,1-2H3. The molecule has 2 rings (SSSR count). The maximum atomic E-state index is 3.83. The SMILES string of the molecule is CN(C)C1(CNC2CCCCC2)CCSC1. The van der Waals surface area contributed by atoms with Crippen LogP contribution in [-0.2, 0) is 0 Å². The van der Waals surface area contributed by atoms with Crippen molar-refractivity contribution in [2.45, 2.75) is 50.1 Å². The van der Waals surface area contributed by atoms with Gasteiger partial charge >= 0.3 is 0 Å². The van der Waals surface area contributed by atoms with Crippen LogP contribution in [0.5, 0.6) is 0 Å². The van der Waals surface area contributed by atoms with Crippen molar-refractivity contribution in [2.24, 2.45) is 0 Å². The van der Waals surface area contributed by atoms with E-state index in [0.717, 1.165) is 6.04 Å². The molecule has 1 aliphatic heterocycles. The van der Waals surface area contributed by atoms with Crippen LogP contribution < -0.4 is 5.32 Å². The summed E-state index contributed by atoms with van der Waals surface area (Å²) >= 11 is 2.11. The van der Waals surface area contributed by atoms with Crippen molar-refractivity contribution >= 4 is 11.8 Å². The molecule has 0 radical (unpaired) electrons. The summed E-state index contributed by atoms with van der Waals surface area (Å²) in [6.07, 6.45) is 8.47. The Balaban J connectivity index is 1.81. The van der Waals surface area contributed by atoms with Crippen LogP contribution in [-0.4, -0.2) is 48.6 Å². The van der Waals surface area contributed by atoms with Crippen LogP contribution in [0.1, 0.15) is 38.5 Å². The monoisotopic (exact) mass is 242 g/mol. The molecule has 3 heteroatoms. The lowest BCUT2D eigenvalue weighted by atomic mass is 9.92. The number of likely N-dealkylation sites (N-methyl/N-ethyl adjacent to an activating group) is 1. The van der Waals surface area contributed by atoms with Crippen molar-refractivity contribution in [3.8, 4) is 0 Å². The van der Waals surface area contributed by atoms with E-state index in [1.807, 2.05) is 0 Å². The van der Waals surface area contributed by atoms with Gasteiger partial charge in [0, 0.05) is 23.9 Å². The summed E-state index contributed by atoms with van der Waals surface area (Å²) in [6.45, 7) is 1.19. The third-order valence-corrected chi connectivity index (χ3v) is 5.59. The summed E-state index contributed by atoms with van der Waals surface area (Å²) in [6, 6.07) is 0.802. The van der Waals surface area contributed by atoms with E-state index in [4.69, 9.17) is 0 Å². The molecule has 0 aromatic heterocycles. The number of thioether (sulfide) groups is 1. The van der Waals surface area contributed by atoms with E-state index in [-0.39, 0.29) is 0 Å². The fourth-order valence-electron chi connectivity index (χ4n) is 2.89. The molecule has 2 aliphatic rings. The molecule has 1 N–H and O–H groups in total. The third-order valence-electron chi connectivity index (χ3n) is 4.36. The first-order valence-electron chi connectivity index (χ1n) is 6.71. The topological polar surface area (TPSA) is 15.3 Å². The minimum absolute atomic E-state index is 0.433. The van der Waals surface area contributed by atoms with E-state index in [0.29, 0.717) is 5.54 Å². The Kier molecular flexibility index (Phi) is 4.57. The summed E-state index contributed by atoms with van der Waals surface area (Å²) in [4.78, 5) is 2.45. The lowest BCUT2D eigenvalue weighted by Crippen LogP contribution is -2.53. The molecule has 0 spiro atoms. The van der Waals surface area contributed by atoms with Crippen molar-refractivity contribution in [1.29, 1.82) is 0 Å². The van der Waals surface area contributed by atoms with Gasteiger partial charge in [0.05, 0.1) is 0 Å². The zero-order valence-corrected chi connectivity index (χ0v) is 11.6. The highest BCUT2D eigenvalue weighted by Crippen LogP contribution is 2.31. The molecule has 1 saturated heterocycles. The maximum Gasteiger partial charge on any atom is 0.0425 e. The van der Waals surface area contributed by atoms with Crippen molar-refractivity contribution in [3.05, 3.63) is 0 Å². The van der Waals surface area contributed by atoms with E-state index in [1.165, 1.54) is 56.6 Å². The van der Waals surface area contributed by atoms with Gasteiger partial charge in [0.2, 0.25) is 0 Å². The van der Waals surface area contributed by atoms with Crippen LogP contribution >= 0.6 is 11.8 Å². The highest BCUT2D eigenvalue weighted by molar-refractivity contribution is 7.99. The molecule has 94 valence electrons. The van der Waals surface area contributed by atoms with Gasteiger partial charge in [0.25, 0.3) is 0 Å². The second-order valence-electron chi connectivity index (χ2n) is 5.64. The van der Waals surface area contributed by atoms with Crippen LogP contribution in [0, 0.1) is 0 Å². The largest absolute Gasteiger partial charge is 0.312 e. The zero-order chi connectivity index (χ0) is 11.4. The molecule has 0 amide bonds. The molecule has 1 saturated carbocycles. The van der Waals surface area contributed by atoms with Gasteiger partial charge in [-0.1, -0.05) is 19.3 Å². The van der Waals surface area contributed by atoms with Crippen LogP contribution in [0.2, 0.25) is 0 Å². The molecule has 1 heterocycles. The number of rotatable bonds is 4. The van der Waals surface area contributed by atoms with Crippen LogP contribution in [0.4, 0.5) is 0 Å². The minimum Gasteiger partial charge on any atom is -0.312 e. The average molecular weight is 242 g/mol. The molecular formula is C13H26N2S. The fourth-order valence-corrected chi connectivity index (χ4v) is 4.44. The van der Waals surface area contributed by atoms with Gasteiger partial charge in [-0.15, -0.1) is 0 Å². The van der Waals surface area contributed by atoms with Gasteiger partial charge in [-0.3, -0.25) is 0 Å². The van der Waals surface area contributed by atoms with E-state index >= 15 is 0 Å². The van der Waals surface area contributed by atoms with Gasteiger partial charge in [-0.25, -0.2) is 0 Å². The summed E-state index contributed by atoms with van der Waals surface area (Å²) in [5, 5.41) is 3.83. The lowest BCUT2D eigenvalue weighted by Gasteiger charge is -2.38. The van der Waals surface area contributed by atoms with Crippen molar-refractivity contribution in [1.82, 2.24) is 10.2 Å². The molecule has 0 aromatic carbocycles.